The molecule has 1 atom stereocenters. The van der Waals surface area contributed by atoms with E-state index in [4.69, 9.17) is 0 Å². The first-order valence-corrected chi connectivity index (χ1v) is 5.54. The molecule has 14 heavy (non-hydrogen) atoms. The molecule has 0 saturated carbocycles. The summed E-state index contributed by atoms with van der Waals surface area (Å²) < 4.78 is 2.26. The molecule has 1 aliphatic heterocycles. The van der Waals surface area contributed by atoms with Gasteiger partial charge in [0.15, 0.2) is 0 Å². The quantitative estimate of drug-likeness (QED) is 0.770. The summed E-state index contributed by atoms with van der Waals surface area (Å²) in [6.07, 6.45) is 5.65. The van der Waals surface area contributed by atoms with Gasteiger partial charge < -0.3 is 9.88 Å². The lowest BCUT2D eigenvalue weighted by atomic mass is 9.99. The Hall–Kier alpha value is -0.830. The Balaban J connectivity index is 2.18. The molecule has 2 heterocycles. The van der Waals surface area contributed by atoms with Crippen LogP contribution in [0.15, 0.2) is 6.20 Å². The molecule has 1 N–H and O–H groups in total. The van der Waals surface area contributed by atoms with Gasteiger partial charge >= 0.3 is 0 Å². The minimum Gasteiger partial charge on any atom is -0.335 e. The fraction of sp³-hybridized carbons (Fsp3) is 0.727. The fourth-order valence-electron chi connectivity index (χ4n) is 2.24. The van der Waals surface area contributed by atoms with E-state index in [-0.39, 0.29) is 0 Å². The molecule has 0 aliphatic carbocycles. The van der Waals surface area contributed by atoms with Gasteiger partial charge in [-0.2, -0.15) is 0 Å². The molecule has 78 valence electrons. The second kappa shape index (κ2) is 4.13. The van der Waals surface area contributed by atoms with Crippen LogP contribution < -0.4 is 5.32 Å². The van der Waals surface area contributed by atoms with Crippen LogP contribution >= 0.6 is 0 Å². The van der Waals surface area contributed by atoms with Crippen LogP contribution in [-0.2, 0) is 13.5 Å². The molecule has 0 amide bonds. The third-order valence-corrected chi connectivity index (χ3v) is 3.14. The minimum absolute atomic E-state index is 0.619. The molecular weight excluding hydrogens is 174 g/mol. The predicted octanol–water partition coefficient (Wildman–Crippen LogP) is 1.45. The average molecular weight is 193 g/mol. The zero-order valence-corrected chi connectivity index (χ0v) is 9.08. The van der Waals surface area contributed by atoms with Crippen molar-refractivity contribution in [3.05, 3.63) is 17.7 Å². The van der Waals surface area contributed by atoms with Gasteiger partial charge in [0.25, 0.3) is 0 Å². The Bertz CT molecular complexity index is 297. The van der Waals surface area contributed by atoms with Crippen molar-refractivity contribution in [2.24, 2.45) is 7.05 Å². The Labute approximate surface area is 85.5 Å². The van der Waals surface area contributed by atoms with Gasteiger partial charge in [-0.15, -0.1) is 0 Å². The Morgan fingerprint density at radius 1 is 1.64 bits per heavy atom. The highest BCUT2D eigenvalue weighted by atomic mass is 15.1. The Kier molecular flexibility index (Phi) is 2.87. The number of aryl methyl sites for hydroxylation is 1. The van der Waals surface area contributed by atoms with Crippen molar-refractivity contribution in [3.63, 3.8) is 0 Å². The highest BCUT2D eigenvalue weighted by Gasteiger charge is 2.19. The van der Waals surface area contributed by atoms with Crippen LogP contribution in [0.2, 0.25) is 0 Å². The van der Waals surface area contributed by atoms with E-state index in [9.17, 15) is 0 Å². The molecule has 3 heteroatoms. The van der Waals surface area contributed by atoms with Gasteiger partial charge in [0, 0.05) is 31.4 Å². The molecule has 0 aromatic carbocycles. The molecule has 1 aliphatic rings. The van der Waals surface area contributed by atoms with Crippen LogP contribution in [-0.4, -0.2) is 22.6 Å². The van der Waals surface area contributed by atoms with Crippen molar-refractivity contribution < 1.29 is 0 Å². The number of rotatable bonds is 2. The van der Waals surface area contributed by atoms with E-state index in [0.717, 1.165) is 13.0 Å². The highest BCUT2D eigenvalue weighted by Crippen LogP contribution is 2.22. The molecule has 1 saturated heterocycles. The summed E-state index contributed by atoms with van der Waals surface area (Å²) in [7, 11) is 2.13. The molecule has 1 fully saturated rings. The number of imidazole rings is 1. The standard InChI is InChI=1S/C11H19N3/c1-3-10-8-13-11(14(10)2)9-5-4-6-12-7-9/h8-9,12H,3-7H2,1-2H3. The molecule has 1 unspecified atom stereocenters. The summed E-state index contributed by atoms with van der Waals surface area (Å²) in [4.78, 5) is 4.53. The lowest BCUT2D eigenvalue weighted by Gasteiger charge is -2.22. The Morgan fingerprint density at radius 2 is 2.50 bits per heavy atom. The fourth-order valence-corrected chi connectivity index (χ4v) is 2.24. The van der Waals surface area contributed by atoms with Gasteiger partial charge in [-0.1, -0.05) is 6.92 Å². The van der Waals surface area contributed by atoms with E-state index in [1.165, 1.54) is 30.9 Å². The maximum absolute atomic E-state index is 4.53. The zero-order chi connectivity index (χ0) is 9.97. The normalized spacial score (nSPS) is 22.6. The number of piperidine rings is 1. The van der Waals surface area contributed by atoms with Gasteiger partial charge in [0.05, 0.1) is 0 Å². The summed E-state index contributed by atoms with van der Waals surface area (Å²) >= 11 is 0. The molecule has 1 aromatic rings. The lowest BCUT2D eigenvalue weighted by Crippen LogP contribution is -2.29. The lowest BCUT2D eigenvalue weighted by molar-refractivity contribution is 0.438. The smallest absolute Gasteiger partial charge is 0.112 e. The highest BCUT2D eigenvalue weighted by molar-refractivity contribution is 5.09. The number of nitrogens with zero attached hydrogens (tertiary/aromatic N) is 2. The van der Waals surface area contributed by atoms with Gasteiger partial charge in [-0.3, -0.25) is 0 Å². The van der Waals surface area contributed by atoms with E-state index in [1.54, 1.807) is 0 Å². The van der Waals surface area contributed by atoms with Crippen LogP contribution in [0.1, 0.15) is 37.2 Å². The van der Waals surface area contributed by atoms with Gasteiger partial charge in [-0.25, -0.2) is 4.98 Å². The number of hydrogen-bond acceptors (Lipinski definition) is 2. The molecular formula is C11H19N3. The number of nitrogens with one attached hydrogen (secondary N) is 1. The summed E-state index contributed by atoms with van der Waals surface area (Å²) in [5, 5.41) is 3.43. The van der Waals surface area contributed by atoms with E-state index in [1.807, 2.05) is 6.20 Å². The maximum atomic E-state index is 4.53. The minimum atomic E-state index is 0.619. The number of aromatic nitrogens is 2. The van der Waals surface area contributed by atoms with Crippen LogP contribution in [0.25, 0.3) is 0 Å². The maximum Gasteiger partial charge on any atom is 0.112 e. The van der Waals surface area contributed by atoms with Crippen molar-refractivity contribution in [1.29, 1.82) is 0 Å². The van der Waals surface area contributed by atoms with E-state index >= 15 is 0 Å². The van der Waals surface area contributed by atoms with Crippen LogP contribution in [0.3, 0.4) is 0 Å². The monoisotopic (exact) mass is 193 g/mol. The van der Waals surface area contributed by atoms with Crippen LogP contribution in [0.5, 0.6) is 0 Å². The largest absolute Gasteiger partial charge is 0.335 e. The molecule has 2 rings (SSSR count). The van der Waals surface area contributed by atoms with Crippen LogP contribution in [0, 0.1) is 0 Å². The first kappa shape index (κ1) is 9.71. The van der Waals surface area contributed by atoms with Crippen molar-refractivity contribution in [2.75, 3.05) is 13.1 Å². The molecule has 3 nitrogen and oxygen atoms in total. The SMILES string of the molecule is CCc1cnc(C2CCCNC2)n1C. The van der Waals surface area contributed by atoms with Crippen molar-refractivity contribution in [2.45, 2.75) is 32.1 Å². The van der Waals surface area contributed by atoms with Gasteiger partial charge in [-0.05, 0) is 25.8 Å². The summed E-state index contributed by atoms with van der Waals surface area (Å²) in [6, 6.07) is 0. The molecule has 0 spiro atoms. The number of hydrogen-bond donors (Lipinski definition) is 1. The first-order chi connectivity index (χ1) is 6.83. The Morgan fingerprint density at radius 3 is 3.07 bits per heavy atom. The molecule has 0 bridgehead atoms. The van der Waals surface area contributed by atoms with Gasteiger partial charge in [0.1, 0.15) is 5.82 Å². The van der Waals surface area contributed by atoms with Crippen LogP contribution in [0.4, 0.5) is 0 Å². The molecule has 0 radical (unpaired) electrons. The van der Waals surface area contributed by atoms with Crippen molar-refractivity contribution in [3.8, 4) is 0 Å². The summed E-state index contributed by atoms with van der Waals surface area (Å²) in [5.41, 5.74) is 1.34. The second-order valence-corrected chi connectivity index (χ2v) is 4.06. The van der Waals surface area contributed by atoms with Gasteiger partial charge in [0.2, 0.25) is 0 Å². The zero-order valence-electron chi connectivity index (χ0n) is 9.08. The third kappa shape index (κ3) is 1.69. The topological polar surface area (TPSA) is 29.9 Å². The van der Waals surface area contributed by atoms with E-state index < -0.39 is 0 Å². The molecule has 1 aromatic heterocycles. The van der Waals surface area contributed by atoms with E-state index in [0.29, 0.717) is 5.92 Å². The summed E-state index contributed by atoms with van der Waals surface area (Å²) in [6.45, 7) is 4.44. The first-order valence-electron chi connectivity index (χ1n) is 5.54. The summed E-state index contributed by atoms with van der Waals surface area (Å²) in [5.74, 6) is 1.88. The predicted molar refractivity (Wildman–Crippen MR) is 57.4 cm³/mol. The average Bonchev–Trinajstić information content (AvgIpc) is 2.61. The van der Waals surface area contributed by atoms with Crippen molar-refractivity contribution >= 4 is 0 Å². The third-order valence-electron chi connectivity index (χ3n) is 3.14. The second-order valence-electron chi connectivity index (χ2n) is 4.06. The van der Waals surface area contributed by atoms with E-state index in [2.05, 4.69) is 28.8 Å². The van der Waals surface area contributed by atoms with Crippen molar-refractivity contribution in [1.82, 2.24) is 14.9 Å².